The first-order chi connectivity index (χ1) is 8.97. The SMILES string of the molecule is COC1(CS(=O)(=O)c2ccc(Br)cc2)CCOCC1. The van der Waals surface area contributed by atoms with Crippen LogP contribution in [0.3, 0.4) is 0 Å². The van der Waals surface area contributed by atoms with E-state index in [2.05, 4.69) is 15.9 Å². The number of hydrogen-bond donors (Lipinski definition) is 0. The lowest BCUT2D eigenvalue weighted by atomic mass is 9.97. The van der Waals surface area contributed by atoms with Crippen LogP contribution in [0.15, 0.2) is 33.6 Å². The topological polar surface area (TPSA) is 52.6 Å². The van der Waals surface area contributed by atoms with Crippen molar-refractivity contribution in [3.05, 3.63) is 28.7 Å². The molecule has 0 bridgehead atoms. The lowest BCUT2D eigenvalue weighted by Crippen LogP contribution is -2.44. The molecular formula is C13H17BrO4S. The van der Waals surface area contributed by atoms with E-state index in [9.17, 15) is 8.42 Å². The number of benzene rings is 1. The van der Waals surface area contributed by atoms with Gasteiger partial charge in [-0.25, -0.2) is 8.42 Å². The van der Waals surface area contributed by atoms with Crippen LogP contribution in [0.5, 0.6) is 0 Å². The molecule has 1 heterocycles. The molecule has 0 amide bonds. The summed E-state index contributed by atoms with van der Waals surface area (Å²) in [6.45, 7) is 1.09. The lowest BCUT2D eigenvalue weighted by Gasteiger charge is -2.35. The predicted octanol–water partition coefficient (Wildman–Crippen LogP) is 2.42. The first kappa shape index (κ1) is 15.0. The van der Waals surface area contributed by atoms with Gasteiger partial charge in [0.2, 0.25) is 0 Å². The van der Waals surface area contributed by atoms with Gasteiger partial charge in [0.15, 0.2) is 9.84 Å². The highest BCUT2D eigenvalue weighted by Crippen LogP contribution is 2.29. The monoisotopic (exact) mass is 348 g/mol. The van der Waals surface area contributed by atoms with Crippen molar-refractivity contribution >= 4 is 25.8 Å². The molecule has 1 saturated heterocycles. The Balaban J connectivity index is 2.22. The molecule has 0 saturated carbocycles. The van der Waals surface area contributed by atoms with Crippen molar-refractivity contribution in [2.24, 2.45) is 0 Å². The van der Waals surface area contributed by atoms with E-state index < -0.39 is 15.4 Å². The summed E-state index contributed by atoms with van der Waals surface area (Å²) in [6, 6.07) is 6.69. The molecule has 106 valence electrons. The van der Waals surface area contributed by atoms with Gasteiger partial charge < -0.3 is 9.47 Å². The van der Waals surface area contributed by atoms with Crippen LogP contribution in [-0.2, 0) is 19.3 Å². The minimum Gasteiger partial charge on any atom is -0.381 e. The molecule has 0 radical (unpaired) electrons. The molecule has 0 aromatic heterocycles. The summed E-state index contributed by atoms with van der Waals surface area (Å²) in [5.74, 6) is 0.00148. The Morgan fingerprint density at radius 2 is 1.84 bits per heavy atom. The smallest absolute Gasteiger partial charge is 0.181 e. The largest absolute Gasteiger partial charge is 0.381 e. The van der Waals surface area contributed by atoms with Gasteiger partial charge in [-0.05, 0) is 24.3 Å². The van der Waals surface area contributed by atoms with Crippen molar-refractivity contribution in [2.75, 3.05) is 26.1 Å². The maximum Gasteiger partial charge on any atom is 0.181 e. The normalized spacial score (nSPS) is 19.3. The Bertz CT molecular complexity index is 518. The van der Waals surface area contributed by atoms with Gasteiger partial charge in [-0.3, -0.25) is 0 Å². The van der Waals surface area contributed by atoms with Crippen LogP contribution >= 0.6 is 15.9 Å². The average molecular weight is 349 g/mol. The van der Waals surface area contributed by atoms with Crippen molar-refractivity contribution < 1.29 is 17.9 Å². The molecular weight excluding hydrogens is 332 g/mol. The van der Waals surface area contributed by atoms with Crippen LogP contribution in [0, 0.1) is 0 Å². The third-order valence-electron chi connectivity index (χ3n) is 3.46. The molecule has 1 aromatic carbocycles. The van der Waals surface area contributed by atoms with Crippen LogP contribution in [0.1, 0.15) is 12.8 Å². The van der Waals surface area contributed by atoms with E-state index in [4.69, 9.17) is 9.47 Å². The maximum atomic E-state index is 12.4. The summed E-state index contributed by atoms with van der Waals surface area (Å²) < 4.78 is 36.5. The van der Waals surface area contributed by atoms with Crippen LogP contribution in [0.25, 0.3) is 0 Å². The Hall–Kier alpha value is -0.430. The zero-order valence-corrected chi connectivity index (χ0v) is 13.2. The van der Waals surface area contributed by atoms with E-state index in [0.717, 1.165) is 4.47 Å². The number of methoxy groups -OCH3 is 1. The Kier molecular flexibility index (Phi) is 4.66. The zero-order chi connectivity index (χ0) is 13.9. The van der Waals surface area contributed by atoms with Crippen molar-refractivity contribution in [1.82, 2.24) is 0 Å². The van der Waals surface area contributed by atoms with E-state index in [1.165, 1.54) is 0 Å². The van der Waals surface area contributed by atoms with E-state index in [0.29, 0.717) is 31.0 Å². The van der Waals surface area contributed by atoms with Crippen molar-refractivity contribution in [3.8, 4) is 0 Å². The summed E-state index contributed by atoms with van der Waals surface area (Å²) in [7, 11) is -1.78. The molecule has 0 spiro atoms. The lowest BCUT2D eigenvalue weighted by molar-refractivity contribution is -0.0750. The molecule has 2 rings (SSSR count). The van der Waals surface area contributed by atoms with Crippen LogP contribution < -0.4 is 0 Å². The second kappa shape index (κ2) is 5.91. The number of halogens is 1. The molecule has 1 aliphatic heterocycles. The van der Waals surface area contributed by atoms with E-state index in [1.807, 2.05) is 0 Å². The van der Waals surface area contributed by atoms with Gasteiger partial charge in [-0.15, -0.1) is 0 Å². The van der Waals surface area contributed by atoms with Crippen molar-refractivity contribution in [2.45, 2.75) is 23.3 Å². The second-order valence-electron chi connectivity index (χ2n) is 4.71. The third kappa shape index (κ3) is 3.56. The average Bonchev–Trinajstić information content (AvgIpc) is 2.40. The molecule has 6 heteroatoms. The highest BCUT2D eigenvalue weighted by atomic mass is 79.9. The molecule has 4 nitrogen and oxygen atoms in total. The molecule has 0 aliphatic carbocycles. The Morgan fingerprint density at radius 1 is 1.26 bits per heavy atom. The molecule has 0 atom stereocenters. The van der Waals surface area contributed by atoms with Gasteiger partial charge in [-0.1, -0.05) is 15.9 Å². The minimum atomic E-state index is -3.35. The first-order valence-electron chi connectivity index (χ1n) is 6.09. The van der Waals surface area contributed by atoms with Crippen LogP contribution in [0.2, 0.25) is 0 Å². The number of hydrogen-bond acceptors (Lipinski definition) is 4. The van der Waals surface area contributed by atoms with Gasteiger partial charge in [0.05, 0.1) is 16.2 Å². The van der Waals surface area contributed by atoms with Crippen LogP contribution in [0.4, 0.5) is 0 Å². The number of rotatable bonds is 4. The molecule has 19 heavy (non-hydrogen) atoms. The van der Waals surface area contributed by atoms with Gasteiger partial charge in [0, 0.05) is 37.6 Å². The molecule has 1 aromatic rings. The highest BCUT2D eigenvalue weighted by Gasteiger charge is 2.37. The van der Waals surface area contributed by atoms with Gasteiger partial charge in [0.25, 0.3) is 0 Å². The van der Waals surface area contributed by atoms with Crippen LogP contribution in [-0.4, -0.2) is 40.1 Å². The fourth-order valence-corrected chi connectivity index (χ4v) is 4.30. The van der Waals surface area contributed by atoms with E-state index in [1.54, 1.807) is 31.4 Å². The van der Waals surface area contributed by atoms with Crippen molar-refractivity contribution in [1.29, 1.82) is 0 Å². The molecule has 0 unspecified atom stereocenters. The first-order valence-corrected chi connectivity index (χ1v) is 8.53. The number of ether oxygens (including phenoxy) is 2. The summed E-state index contributed by atoms with van der Waals surface area (Å²) in [5, 5.41) is 0. The van der Waals surface area contributed by atoms with Gasteiger partial charge >= 0.3 is 0 Å². The number of sulfone groups is 1. The third-order valence-corrected chi connectivity index (χ3v) is 5.89. The molecule has 1 fully saturated rings. The maximum absolute atomic E-state index is 12.4. The summed E-state index contributed by atoms with van der Waals surface area (Å²) in [4.78, 5) is 0.332. The van der Waals surface area contributed by atoms with E-state index in [-0.39, 0.29) is 5.75 Å². The Labute approximate surface area is 122 Å². The summed E-state index contributed by atoms with van der Waals surface area (Å²) in [5.41, 5.74) is -0.621. The zero-order valence-electron chi connectivity index (χ0n) is 10.8. The van der Waals surface area contributed by atoms with E-state index >= 15 is 0 Å². The summed E-state index contributed by atoms with van der Waals surface area (Å²) >= 11 is 3.30. The Morgan fingerprint density at radius 3 is 2.37 bits per heavy atom. The fraction of sp³-hybridized carbons (Fsp3) is 0.538. The molecule has 0 N–H and O–H groups in total. The fourth-order valence-electron chi connectivity index (χ4n) is 2.22. The quantitative estimate of drug-likeness (QED) is 0.838. The standard InChI is InChI=1S/C13H17BrO4S/c1-17-13(6-8-18-9-7-13)10-19(15,16)12-4-2-11(14)3-5-12/h2-5H,6-10H2,1H3. The van der Waals surface area contributed by atoms with Gasteiger partial charge in [0.1, 0.15) is 0 Å². The van der Waals surface area contributed by atoms with Crippen molar-refractivity contribution in [3.63, 3.8) is 0 Å². The predicted molar refractivity (Wildman–Crippen MR) is 76.0 cm³/mol. The molecule has 1 aliphatic rings. The summed E-state index contributed by atoms with van der Waals surface area (Å²) in [6.07, 6.45) is 1.22. The highest BCUT2D eigenvalue weighted by molar-refractivity contribution is 9.10. The second-order valence-corrected chi connectivity index (χ2v) is 7.62. The van der Waals surface area contributed by atoms with Gasteiger partial charge in [-0.2, -0.15) is 0 Å². The minimum absolute atomic E-state index is 0.00148.